The van der Waals surface area contributed by atoms with Crippen LogP contribution in [0.5, 0.6) is 0 Å². The van der Waals surface area contributed by atoms with Crippen molar-refractivity contribution in [3.8, 4) is 6.07 Å². The van der Waals surface area contributed by atoms with Gasteiger partial charge in [-0.2, -0.15) is 10.2 Å². The van der Waals surface area contributed by atoms with Gasteiger partial charge in [-0.25, -0.2) is 4.98 Å². The van der Waals surface area contributed by atoms with Crippen molar-refractivity contribution in [3.05, 3.63) is 10.9 Å². The number of anilines is 2. The number of thiophene rings is 1. The molecule has 2 saturated heterocycles. The number of fused-ring (bicyclic) bond motifs is 2. The largest absolute Gasteiger partial charge is 0.481 e. The molecule has 5 rings (SSSR count). The van der Waals surface area contributed by atoms with Crippen LogP contribution in [0, 0.1) is 29.1 Å². The van der Waals surface area contributed by atoms with Gasteiger partial charge >= 0.3 is 5.97 Å². The Labute approximate surface area is 148 Å². The van der Waals surface area contributed by atoms with Gasteiger partial charge in [-0.15, -0.1) is 11.3 Å². The van der Waals surface area contributed by atoms with Crippen LogP contribution in [0.2, 0.25) is 0 Å². The number of nitriles is 1. The third-order valence-electron chi connectivity index (χ3n) is 5.73. The lowest BCUT2D eigenvalue weighted by atomic mass is 10.2. The number of carbonyl (C=O) groups is 1. The van der Waals surface area contributed by atoms with E-state index in [4.69, 9.17) is 10.1 Å². The van der Waals surface area contributed by atoms with Crippen molar-refractivity contribution < 1.29 is 9.90 Å². The van der Waals surface area contributed by atoms with Gasteiger partial charge in [-0.3, -0.25) is 4.79 Å². The topological polar surface area (TPSA) is 93.3 Å². The summed E-state index contributed by atoms with van der Waals surface area (Å²) in [5.74, 6) is 2.17. The summed E-state index contributed by atoms with van der Waals surface area (Å²) in [6.07, 6.45) is 1.43. The van der Waals surface area contributed by atoms with Gasteiger partial charge in [0.15, 0.2) is 5.82 Å². The van der Waals surface area contributed by atoms with E-state index in [1.165, 1.54) is 11.3 Å². The zero-order valence-electron chi connectivity index (χ0n) is 13.6. The number of rotatable bonds is 4. The van der Waals surface area contributed by atoms with E-state index in [9.17, 15) is 10.1 Å². The SMILES string of the molecule is N#Cc1csc2c(N3CC4C(CC(=O)O)C4C3)nc(N3CCC3)nc12. The zero-order chi connectivity index (χ0) is 17.1. The predicted octanol–water partition coefficient (Wildman–Crippen LogP) is 1.93. The summed E-state index contributed by atoms with van der Waals surface area (Å²) >= 11 is 1.52. The molecular weight excluding hydrogens is 338 g/mol. The van der Waals surface area contributed by atoms with Crippen LogP contribution in [0.1, 0.15) is 18.4 Å². The first-order chi connectivity index (χ1) is 12.2. The van der Waals surface area contributed by atoms with Crippen LogP contribution >= 0.6 is 11.3 Å². The van der Waals surface area contributed by atoms with E-state index >= 15 is 0 Å². The number of piperidine rings is 1. The average molecular weight is 355 g/mol. The number of carboxylic acids is 1. The fourth-order valence-corrected chi connectivity index (χ4v) is 5.12. The summed E-state index contributed by atoms with van der Waals surface area (Å²) in [6.45, 7) is 3.63. The maximum absolute atomic E-state index is 10.9. The van der Waals surface area contributed by atoms with Crippen LogP contribution in [0.3, 0.4) is 0 Å². The molecule has 2 aromatic rings. The molecule has 2 aromatic heterocycles. The summed E-state index contributed by atoms with van der Waals surface area (Å²) in [6, 6.07) is 2.23. The van der Waals surface area contributed by atoms with Crippen LogP contribution in [0.4, 0.5) is 11.8 Å². The lowest BCUT2D eigenvalue weighted by Crippen LogP contribution is -2.38. The van der Waals surface area contributed by atoms with Crippen molar-refractivity contribution in [2.24, 2.45) is 17.8 Å². The zero-order valence-corrected chi connectivity index (χ0v) is 14.4. The van der Waals surface area contributed by atoms with E-state index in [1.807, 2.05) is 5.38 Å². The highest BCUT2D eigenvalue weighted by Crippen LogP contribution is 2.54. The molecule has 3 aliphatic rings. The Bertz CT molecular complexity index is 904. The molecule has 2 atom stereocenters. The maximum atomic E-state index is 10.9. The third-order valence-corrected chi connectivity index (χ3v) is 6.69. The minimum absolute atomic E-state index is 0.277. The maximum Gasteiger partial charge on any atom is 0.303 e. The molecule has 0 bridgehead atoms. The monoisotopic (exact) mass is 355 g/mol. The van der Waals surface area contributed by atoms with Crippen molar-refractivity contribution in [2.75, 3.05) is 36.0 Å². The number of carboxylic acid groups (broad SMARTS) is 1. The second-order valence-electron chi connectivity index (χ2n) is 7.12. The van der Waals surface area contributed by atoms with Gasteiger partial charge in [0.2, 0.25) is 5.95 Å². The molecule has 3 fully saturated rings. The number of nitrogens with zero attached hydrogens (tertiary/aromatic N) is 5. The molecule has 2 aliphatic heterocycles. The molecule has 7 nitrogen and oxygen atoms in total. The van der Waals surface area contributed by atoms with Crippen LogP contribution in [-0.4, -0.2) is 47.2 Å². The minimum Gasteiger partial charge on any atom is -0.481 e. The highest BCUT2D eigenvalue weighted by Gasteiger charge is 2.56. The quantitative estimate of drug-likeness (QED) is 0.895. The molecule has 0 amide bonds. The van der Waals surface area contributed by atoms with Gasteiger partial charge in [-0.1, -0.05) is 0 Å². The molecule has 2 unspecified atom stereocenters. The number of aromatic nitrogens is 2. The first kappa shape index (κ1) is 14.9. The Hall–Kier alpha value is -2.40. The molecule has 1 saturated carbocycles. The number of aliphatic carboxylic acids is 1. The van der Waals surface area contributed by atoms with Crippen LogP contribution < -0.4 is 9.80 Å². The summed E-state index contributed by atoms with van der Waals surface area (Å²) in [4.78, 5) is 24.8. The summed E-state index contributed by atoms with van der Waals surface area (Å²) in [5.41, 5.74) is 1.36. The fourth-order valence-electron chi connectivity index (χ4n) is 4.17. The van der Waals surface area contributed by atoms with E-state index in [0.717, 1.165) is 48.6 Å². The van der Waals surface area contributed by atoms with Crippen LogP contribution in [0.15, 0.2) is 5.38 Å². The van der Waals surface area contributed by atoms with Gasteiger partial charge < -0.3 is 14.9 Å². The molecule has 1 N–H and O–H groups in total. The van der Waals surface area contributed by atoms with Crippen molar-refractivity contribution in [2.45, 2.75) is 12.8 Å². The molecule has 8 heteroatoms. The van der Waals surface area contributed by atoms with Gasteiger partial charge in [-0.05, 0) is 24.2 Å². The molecule has 25 heavy (non-hydrogen) atoms. The van der Waals surface area contributed by atoms with Crippen molar-refractivity contribution in [1.29, 1.82) is 5.26 Å². The second-order valence-corrected chi connectivity index (χ2v) is 8.00. The van der Waals surface area contributed by atoms with E-state index in [0.29, 0.717) is 29.3 Å². The van der Waals surface area contributed by atoms with Crippen molar-refractivity contribution in [3.63, 3.8) is 0 Å². The smallest absolute Gasteiger partial charge is 0.303 e. The molecule has 0 spiro atoms. The van der Waals surface area contributed by atoms with Gasteiger partial charge in [0.25, 0.3) is 0 Å². The lowest BCUT2D eigenvalue weighted by Gasteiger charge is -2.32. The standard InChI is InChI=1S/C17H17N5O2S/c18-5-9-8-25-15-14(9)19-17(21-2-1-3-21)20-16(15)22-6-11-10(4-13(23)24)12(11)7-22/h8,10-12H,1-4,6-7H2,(H,23,24). The predicted molar refractivity (Wildman–Crippen MR) is 93.9 cm³/mol. The Morgan fingerprint density at radius 1 is 1.32 bits per heavy atom. The van der Waals surface area contributed by atoms with Crippen molar-refractivity contribution in [1.82, 2.24) is 9.97 Å². The highest BCUT2D eigenvalue weighted by molar-refractivity contribution is 7.18. The van der Waals surface area contributed by atoms with Crippen molar-refractivity contribution >= 4 is 39.3 Å². The first-order valence-electron chi connectivity index (χ1n) is 8.56. The molecular formula is C17H17N5O2S. The Morgan fingerprint density at radius 2 is 2.08 bits per heavy atom. The normalized spacial score (nSPS) is 27.1. The highest BCUT2D eigenvalue weighted by atomic mass is 32.1. The first-order valence-corrected chi connectivity index (χ1v) is 9.44. The Kier molecular flexibility index (Phi) is 3.16. The van der Waals surface area contributed by atoms with Gasteiger partial charge in [0.1, 0.15) is 11.6 Å². The van der Waals surface area contributed by atoms with E-state index in [-0.39, 0.29) is 6.42 Å². The molecule has 0 aromatic carbocycles. The van der Waals surface area contributed by atoms with Crippen LogP contribution in [-0.2, 0) is 4.79 Å². The summed E-state index contributed by atoms with van der Waals surface area (Å²) < 4.78 is 0.969. The minimum atomic E-state index is -0.702. The second kappa shape index (κ2) is 5.30. The Morgan fingerprint density at radius 3 is 2.68 bits per heavy atom. The van der Waals surface area contributed by atoms with E-state index in [2.05, 4.69) is 20.9 Å². The Balaban J connectivity index is 1.48. The van der Waals surface area contributed by atoms with Gasteiger partial charge in [0, 0.05) is 38.0 Å². The van der Waals surface area contributed by atoms with Crippen LogP contribution in [0.25, 0.3) is 10.2 Å². The third kappa shape index (κ3) is 2.26. The van der Waals surface area contributed by atoms with E-state index < -0.39 is 5.97 Å². The summed E-state index contributed by atoms with van der Waals surface area (Å²) in [5, 5.41) is 20.2. The lowest BCUT2D eigenvalue weighted by molar-refractivity contribution is -0.137. The molecule has 128 valence electrons. The summed E-state index contributed by atoms with van der Waals surface area (Å²) in [7, 11) is 0. The average Bonchev–Trinajstić information content (AvgIpc) is 2.93. The van der Waals surface area contributed by atoms with E-state index in [1.54, 1.807) is 0 Å². The molecule has 0 radical (unpaired) electrons. The molecule has 4 heterocycles. The number of hydrogen-bond acceptors (Lipinski definition) is 7. The number of hydrogen-bond donors (Lipinski definition) is 1. The molecule has 1 aliphatic carbocycles. The fraction of sp³-hybridized carbons (Fsp3) is 0.529. The van der Waals surface area contributed by atoms with Gasteiger partial charge in [0.05, 0.1) is 10.3 Å².